The normalized spacial score (nSPS) is 26.7. The lowest BCUT2D eigenvalue weighted by Crippen LogP contribution is -2.42. The van der Waals surface area contributed by atoms with Crippen molar-refractivity contribution in [3.8, 4) is 0 Å². The summed E-state index contributed by atoms with van der Waals surface area (Å²) in [6.45, 7) is 4.82. The second kappa shape index (κ2) is 7.69. The first-order chi connectivity index (χ1) is 10.2. The van der Waals surface area contributed by atoms with Crippen LogP contribution in [-0.4, -0.2) is 30.9 Å². The predicted molar refractivity (Wildman–Crippen MR) is 79.8 cm³/mol. The van der Waals surface area contributed by atoms with Crippen molar-refractivity contribution < 1.29 is 19.0 Å². The number of hydrogen-bond acceptors (Lipinski definition) is 4. The molecule has 0 aromatic heterocycles. The lowest BCUT2D eigenvalue weighted by Gasteiger charge is -2.33. The number of carbonyl (C=O) groups excluding carboxylic acids is 1. The number of benzene rings is 1. The Morgan fingerprint density at radius 2 is 2.19 bits per heavy atom. The number of hydrogen-bond donors (Lipinski definition) is 0. The summed E-state index contributed by atoms with van der Waals surface area (Å²) in [5.74, 6) is 0. The minimum atomic E-state index is -0.359. The molecule has 1 saturated heterocycles. The van der Waals surface area contributed by atoms with Crippen LogP contribution in [0.1, 0.15) is 38.7 Å². The van der Waals surface area contributed by atoms with Crippen molar-refractivity contribution in [2.75, 3.05) is 6.79 Å². The van der Waals surface area contributed by atoms with Crippen LogP contribution < -0.4 is 0 Å². The summed E-state index contributed by atoms with van der Waals surface area (Å²) < 4.78 is 17.2. The average molecular weight is 292 g/mol. The van der Waals surface area contributed by atoms with Crippen molar-refractivity contribution in [2.45, 2.75) is 57.5 Å². The minimum absolute atomic E-state index is 0.0942. The number of rotatable bonds is 8. The quantitative estimate of drug-likeness (QED) is 0.419. The summed E-state index contributed by atoms with van der Waals surface area (Å²) in [5.41, 5.74) is 0.763. The molecule has 0 aliphatic carbocycles. The van der Waals surface area contributed by atoms with Crippen LogP contribution in [0.4, 0.5) is 0 Å². The Balaban J connectivity index is 1.76. The molecular weight excluding hydrogens is 268 g/mol. The van der Waals surface area contributed by atoms with E-state index >= 15 is 0 Å². The summed E-state index contributed by atoms with van der Waals surface area (Å²) in [5, 5.41) is 0. The molecule has 0 saturated carbocycles. The van der Waals surface area contributed by atoms with E-state index in [4.69, 9.17) is 14.2 Å². The highest BCUT2D eigenvalue weighted by atomic mass is 16.7. The van der Waals surface area contributed by atoms with E-state index in [1.807, 2.05) is 37.3 Å². The van der Waals surface area contributed by atoms with Gasteiger partial charge in [-0.1, -0.05) is 37.3 Å². The van der Waals surface area contributed by atoms with Gasteiger partial charge in [0.1, 0.15) is 19.2 Å². The van der Waals surface area contributed by atoms with Gasteiger partial charge in [0.15, 0.2) is 0 Å². The molecule has 2 rings (SSSR count). The van der Waals surface area contributed by atoms with Crippen LogP contribution >= 0.6 is 0 Å². The fourth-order valence-corrected chi connectivity index (χ4v) is 2.78. The zero-order valence-electron chi connectivity index (χ0n) is 12.8. The van der Waals surface area contributed by atoms with Crippen LogP contribution in [0, 0.1) is 0 Å². The van der Waals surface area contributed by atoms with Gasteiger partial charge in [-0.2, -0.15) is 0 Å². The van der Waals surface area contributed by atoms with E-state index in [0.717, 1.165) is 31.1 Å². The topological polar surface area (TPSA) is 44.8 Å². The zero-order chi connectivity index (χ0) is 15.1. The van der Waals surface area contributed by atoms with Crippen LogP contribution in [0.25, 0.3) is 0 Å². The van der Waals surface area contributed by atoms with E-state index in [2.05, 4.69) is 6.92 Å². The van der Waals surface area contributed by atoms with Gasteiger partial charge in [0.2, 0.25) is 0 Å². The fourth-order valence-electron chi connectivity index (χ4n) is 2.78. The Morgan fingerprint density at radius 3 is 2.81 bits per heavy atom. The Labute approximate surface area is 126 Å². The van der Waals surface area contributed by atoms with Gasteiger partial charge in [-0.15, -0.1) is 0 Å². The predicted octanol–water partition coefficient (Wildman–Crippen LogP) is 3.09. The molecule has 0 amide bonds. The van der Waals surface area contributed by atoms with Crippen molar-refractivity contribution in [1.29, 1.82) is 0 Å². The van der Waals surface area contributed by atoms with Gasteiger partial charge < -0.3 is 19.0 Å². The molecule has 3 atom stereocenters. The molecule has 116 valence electrons. The van der Waals surface area contributed by atoms with Crippen LogP contribution in [0.5, 0.6) is 0 Å². The molecule has 1 aromatic rings. The molecule has 4 nitrogen and oxygen atoms in total. The van der Waals surface area contributed by atoms with Gasteiger partial charge in [-0.3, -0.25) is 0 Å². The fraction of sp³-hybridized carbons (Fsp3) is 0.588. The Hall–Kier alpha value is -1.23. The highest BCUT2D eigenvalue weighted by molar-refractivity contribution is 5.56. The highest BCUT2D eigenvalue weighted by Gasteiger charge is 2.43. The van der Waals surface area contributed by atoms with Crippen molar-refractivity contribution in [2.24, 2.45) is 0 Å². The van der Waals surface area contributed by atoms with E-state index in [9.17, 15) is 4.79 Å². The summed E-state index contributed by atoms with van der Waals surface area (Å²) in [6.07, 6.45) is 2.96. The highest BCUT2D eigenvalue weighted by Crippen LogP contribution is 2.36. The molecule has 1 aliphatic rings. The van der Waals surface area contributed by atoms with E-state index in [1.54, 1.807) is 0 Å². The standard InChI is InChI=1S/C17H24O4/c1-3-17(10-9-16(11-18)21-17)14(2)20-13-19-12-15-7-5-4-6-8-15/h4-8,11,14,16H,3,9-10,12-13H2,1-2H3/t14-,16-,17+/m1/s1. The van der Waals surface area contributed by atoms with Crippen LogP contribution in [0.2, 0.25) is 0 Å². The zero-order valence-corrected chi connectivity index (χ0v) is 12.8. The molecule has 21 heavy (non-hydrogen) atoms. The Kier molecular flexibility index (Phi) is 5.91. The van der Waals surface area contributed by atoms with Crippen molar-refractivity contribution in [1.82, 2.24) is 0 Å². The third kappa shape index (κ3) is 4.13. The maximum absolute atomic E-state index is 10.9. The summed E-state index contributed by atoms with van der Waals surface area (Å²) in [4.78, 5) is 10.9. The molecule has 1 heterocycles. The Morgan fingerprint density at radius 1 is 1.43 bits per heavy atom. The second-order valence-corrected chi connectivity index (χ2v) is 5.51. The maximum atomic E-state index is 10.9. The number of ether oxygens (including phenoxy) is 3. The lowest BCUT2D eigenvalue weighted by atomic mass is 9.91. The third-order valence-electron chi connectivity index (χ3n) is 4.24. The van der Waals surface area contributed by atoms with Gasteiger partial charge in [0.05, 0.1) is 18.3 Å². The largest absolute Gasteiger partial charge is 0.362 e. The summed E-state index contributed by atoms with van der Waals surface area (Å²) in [7, 11) is 0. The SMILES string of the molecule is CC[C@@]1([C@@H](C)OCOCc2ccccc2)CC[C@H](C=O)O1. The maximum Gasteiger partial charge on any atom is 0.148 e. The van der Waals surface area contributed by atoms with Crippen molar-refractivity contribution >= 4 is 6.29 Å². The van der Waals surface area contributed by atoms with Crippen LogP contribution in [0.15, 0.2) is 30.3 Å². The molecule has 1 fully saturated rings. The van der Waals surface area contributed by atoms with E-state index in [0.29, 0.717) is 6.61 Å². The number of carbonyl (C=O) groups is 1. The first-order valence-corrected chi connectivity index (χ1v) is 7.56. The van der Waals surface area contributed by atoms with Gasteiger partial charge in [0.25, 0.3) is 0 Å². The van der Waals surface area contributed by atoms with Gasteiger partial charge in [0, 0.05) is 0 Å². The monoisotopic (exact) mass is 292 g/mol. The lowest BCUT2D eigenvalue weighted by molar-refractivity contribution is -0.175. The summed E-state index contributed by atoms with van der Waals surface area (Å²) in [6, 6.07) is 9.99. The molecule has 0 radical (unpaired) electrons. The number of aldehydes is 1. The molecule has 4 heteroatoms. The molecular formula is C17H24O4. The minimum Gasteiger partial charge on any atom is -0.362 e. The van der Waals surface area contributed by atoms with Gasteiger partial charge >= 0.3 is 0 Å². The summed E-state index contributed by atoms with van der Waals surface area (Å²) >= 11 is 0. The van der Waals surface area contributed by atoms with E-state index in [-0.39, 0.29) is 24.6 Å². The molecule has 0 spiro atoms. The molecule has 1 aliphatic heterocycles. The van der Waals surface area contributed by atoms with Crippen molar-refractivity contribution in [3.05, 3.63) is 35.9 Å². The molecule has 1 aromatic carbocycles. The van der Waals surface area contributed by atoms with E-state index in [1.165, 1.54) is 0 Å². The van der Waals surface area contributed by atoms with E-state index < -0.39 is 0 Å². The Bertz CT molecular complexity index is 434. The molecule has 0 unspecified atom stereocenters. The van der Waals surface area contributed by atoms with Gasteiger partial charge in [-0.25, -0.2) is 0 Å². The molecule has 0 bridgehead atoms. The van der Waals surface area contributed by atoms with Crippen molar-refractivity contribution in [3.63, 3.8) is 0 Å². The van der Waals surface area contributed by atoms with Gasteiger partial charge in [-0.05, 0) is 31.7 Å². The third-order valence-corrected chi connectivity index (χ3v) is 4.24. The average Bonchev–Trinajstić information content (AvgIpc) is 2.97. The molecule has 0 N–H and O–H groups in total. The van der Waals surface area contributed by atoms with Crippen LogP contribution in [0.3, 0.4) is 0 Å². The first-order valence-electron chi connectivity index (χ1n) is 7.56. The first kappa shape index (κ1) is 16.1. The second-order valence-electron chi connectivity index (χ2n) is 5.51. The van der Waals surface area contributed by atoms with Crippen LogP contribution in [-0.2, 0) is 25.6 Å². The smallest absolute Gasteiger partial charge is 0.148 e.